The molecule has 24 heavy (non-hydrogen) atoms. The maximum Gasteiger partial charge on any atom is 0.416 e. The van der Waals surface area contributed by atoms with Crippen LogP contribution in [0.5, 0.6) is 0 Å². The molecule has 1 fully saturated rings. The van der Waals surface area contributed by atoms with Crippen molar-refractivity contribution in [1.29, 1.82) is 0 Å². The van der Waals surface area contributed by atoms with Crippen molar-refractivity contribution in [1.82, 2.24) is 14.7 Å². The monoisotopic (exact) mass is 345 g/mol. The SMILES string of the molecule is CN1CCN(CC(O)CN(C)Cc2ccccc2C(F)(F)F)CC1. The van der Waals surface area contributed by atoms with E-state index in [1.165, 1.54) is 12.1 Å². The molecule has 0 aromatic heterocycles. The lowest BCUT2D eigenvalue weighted by Gasteiger charge is -2.34. The molecule has 1 atom stereocenters. The Morgan fingerprint density at radius 2 is 1.79 bits per heavy atom. The Balaban J connectivity index is 1.86. The number of aliphatic hydroxyl groups excluding tert-OH is 1. The highest BCUT2D eigenvalue weighted by molar-refractivity contribution is 5.29. The van der Waals surface area contributed by atoms with Gasteiger partial charge in [-0.2, -0.15) is 13.2 Å². The van der Waals surface area contributed by atoms with Crippen molar-refractivity contribution < 1.29 is 18.3 Å². The molecule has 1 saturated heterocycles. The van der Waals surface area contributed by atoms with E-state index in [-0.39, 0.29) is 12.1 Å². The molecule has 4 nitrogen and oxygen atoms in total. The van der Waals surface area contributed by atoms with E-state index in [1.807, 2.05) is 0 Å². The van der Waals surface area contributed by atoms with Gasteiger partial charge in [0, 0.05) is 45.8 Å². The topological polar surface area (TPSA) is 30.0 Å². The van der Waals surface area contributed by atoms with E-state index < -0.39 is 17.8 Å². The summed E-state index contributed by atoms with van der Waals surface area (Å²) >= 11 is 0. The molecule has 1 aromatic carbocycles. The quantitative estimate of drug-likeness (QED) is 0.851. The number of alkyl halides is 3. The second-order valence-corrected chi connectivity index (χ2v) is 6.61. The van der Waals surface area contributed by atoms with Gasteiger partial charge in [0.05, 0.1) is 11.7 Å². The van der Waals surface area contributed by atoms with Gasteiger partial charge < -0.3 is 10.0 Å². The Morgan fingerprint density at radius 3 is 2.42 bits per heavy atom. The maximum atomic E-state index is 13.0. The molecular weight excluding hydrogens is 319 g/mol. The fourth-order valence-electron chi connectivity index (χ4n) is 3.04. The van der Waals surface area contributed by atoms with Crippen molar-refractivity contribution in [3.05, 3.63) is 35.4 Å². The van der Waals surface area contributed by atoms with Gasteiger partial charge in [0.25, 0.3) is 0 Å². The van der Waals surface area contributed by atoms with Crippen LogP contribution >= 0.6 is 0 Å². The summed E-state index contributed by atoms with van der Waals surface area (Å²) in [6, 6.07) is 5.60. The normalized spacial score (nSPS) is 19.0. The van der Waals surface area contributed by atoms with Crippen LogP contribution in [0, 0.1) is 0 Å². The lowest BCUT2D eigenvalue weighted by molar-refractivity contribution is -0.138. The van der Waals surface area contributed by atoms with Crippen LogP contribution in [0.4, 0.5) is 13.2 Å². The van der Waals surface area contributed by atoms with Crippen molar-refractivity contribution in [2.45, 2.75) is 18.8 Å². The second kappa shape index (κ2) is 8.29. The van der Waals surface area contributed by atoms with Gasteiger partial charge in [0.1, 0.15) is 0 Å². The van der Waals surface area contributed by atoms with Gasteiger partial charge in [-0.1, -0.05) is 18.2 Å². The summed E-state index contributed by atoms with van der Waals surface area (Å²) in [6.07, 6.45) is -4.92. The fraction of sp³-hybridized carbons (Fsp3) is 0.647. The van der Waals surface area contributed by atoms with E-state index in [9.17, 15) is 18.3 Å². The summed E-state index contributed by atoms with van der Waals surface area (Å²) in [7, 11) is 3.81. The van der Waals surface area contributed by atoms with E-state index in [0.717, 1.165) is 32.2 Å². The van der Waals surface area contributed by atoms with Crippen LogP contribution in [-0.4, -0.2) is 79.3 Å². The van der Waals surface area contributed by atoms with Gasteiger partial charge in [-0.25, -0.2) is 0 Å². The minimum absolute atomic E-state index is 0.162. The molecular formula is C17H26F3N3O. The van der Waals surface area contributed by atoms with Crippen molar-refractivity contribution in [3.63, 3.8) is 0 Å². The number of likely N-dealkylation sites (N-methyl/N-ethyl adjacent to an activating group) is 2. The predicted octanol–water partition coefficient (Wildman–Crippen LogP) is 1.75. The van der Waals surface area contributed by atoms with E-state index in [2.05, 4.69) is 16.8 Å². The number of β-amino-alcohol motifs (C(OH)–C–C–N with tert-alkyl or cyclic N) is 1. The first-order chi connectivity index (χ1) is 11.3. The smallest absolute Gasteiger partial charge is 0.390 e. The van der Waals surface area contributed by atoms with Gasteiger partial charge in [-0.15, -0.1) is 0 Å². The third kappa shape index (κ3) is 5.73. The lowest BCUT2D eigenvalue weighted by Crippen LogP contribution is -2.48. The molecule has 1 aliphatic rings. The van der Waals surface area contributed by atoms with Crippen LogP contribution in [0.15, 0.2) is 24.3 Å². The standard InChI is InChI=1S/C17H26F3N3O/c1-21-7-9-23(10-8-21)13-15(24)12-22(2)11-14-5-3-4-6-16(14)17(18,19)20/h3-6,15,24H,7-13H2,1-2H3. The summed E-state index contributed by atoms with van der Waals surface area (Å²) in [4.78, 5) is 6.18. The van der Waals surface area contributed by atoms with Crippen molar-refractivity contribution in [3.8, 4) is 0 Å². The minimum Gasteiger partial charge on any atom is -0.390 e. The van der Waals surface area contributed by atoms with Crippen molar-refractivity contribution in [2.75, 3.05) is 53.4 Å². The van der Waals surface area contributed by atoms with Crippen molar-refractivity contribution in [2.24, 2.45) is 0 Å². The minimum atomic E-state index is -4.35. The molecule has 0 radical (unpaired) electrons. The van der Waals surface area contributed by atoms with Crippen molar-refractivity contribution >= 4 is 0 Å². The zero-order valence-corrected chi connectivity index (χ0v) is 14.3. The molecule has 1 N–H and O–H groups in total. The van der Waals surface area contributed by atoms with Crippen LogP contribution < -0.4 is 0 Å². The molecule has 1 aliphatic heterocycles. The van der Waals surface area contributed by atoms with Gasteiger partial charge in [-0.05, 0) is 25.7 Å². The van der Waals surface area contributed by atoms with Gasteiger partial charge >= 0.3 is 6.18 Å². The maximum absolute atomic E-state index is 13.0. The van der Waals surface area contributed by atoms with Gasteiger partial charge in [0.2, 0.25) is 0 Å². The van der Waals surface area contributed by atoms with E-state index in [1.54, 1.807) is 18.0 Å². The molecule has 0 amide bonds. The average molecular weight is 345 g/mol. The molecule has 0 saturated carbocycles. The van der Waals surface area contributed by atoms with E-state index >= 15 is 0 Å². The number of halogens is 3. The highest BCUT2D eigenvalue weighted by atomic mass is 19.4. The van der Waals surface area contributed by atoms with Crippen LogP contribution in [0.1, 0.15) is 11.1 Å². The molecule has 0 bridgehead atoms. The largest absolute Gasteiger partial charge is 0.416 e. The van der Waals surface area contributed by atoms with E-state index in [0.29, 0.717) is 13.1 Å². The third-order valence-electron chi connectivity index (χ3n) is 4.35. The molecule has 0 spiro atoms. The first kappa shape index (κ1) is 19.2. The van der Waals surface area contributed by atoms with Crippen LogP contribution in [-0.2, 0) is 12.7 Å². The van der Waals surface area contributed by atoms with Crippen LogP contribution in [0.2, 0.25) is 0 Å². The lowest BCUT2D eigenvalue weighted by atomic mass is 10.1. The first-order valence-electron chi connectivity index (χ1n) is 8.18. The zero-order chi connectivity index (χ0) is 17.7. The molecule has 136 valence electrons. The Labute approximate surface area is 141 Å². The molecule has 1 heterocycles. The number of hydrogen-bond acceptors (Lipinski definition) is 4. The Bertz CT molecular complexity index is 516. The molecule has 1 unspecified atom stereocenters. The highest BCUT2D eigenvalue weighted by Crippen LogP contribution is 2.32. The number of nitrogens with zero attached hydrogens (tertiary/aromatic N) is 3. The van der Waals surface area contributed by atoms with Crippen LogP contribution in [0.3, 0.4) is 0 Å². The van der Waals surface area contributed by atoms with Gasteiger partial charge in [-0.3, -0.25) is 9.80 Å². The summed E-state index contributed by atoms with van der Waals surface area (Å²) in [5.41, 5.74) is -0.371. The van der Waals surface area contributed by atoms with Crippen LogP contribution in [0.25, 0.3) is 0 Å². The Kier molecular flexibility index (Phi) is 6.62. The predicted molar refractivity (Wildman–Crippen MR) is 87.7 cm³/mol. The van der Waals surface area contributed by atoms with Gasteiger partial charge in [0.15, 0.2) is 0 Å². The zero-order valence-electron chi connectivity index (χ0n) is 14.3. The Morgan fingerprint density at radius 1 is 1.17 bits per heavy atom. The number of aliphatic hydroxyl groups is 1. The second-order valence-electron chi connectivity index (χ2n) is 6.61. The highest BCUT2D eigenvalue weighted by Gasteiger charge is 2.33. The summed E-state index contributed by atoms with van der Waals surface area (Å²) in [6.45, 7) is 4.83. The van der Waals surface area contributed by atoms with E-state index in [4.69, 9.17) is 0 Å². The Hall–Kier alpha value is -1.15. The number of piperazine rings is 1. The molecule has 2 rings (SSSR count). The number of hydrogen-bond donors (Lipinski definition) is 1. The summed E-state index contributed by atoms with van der Waals surface area (Å²) < 4.78 is 39.1. The molecule has 0 aliphatic carbocycles. The molecule has 7 heteroatoms. The molecule has 1 aromatic rings. The number of benzene rings is 1. The third-order valence-corrected chi connectivity index (χ3v) is 4.35. The first-order valence-corrected chi connectivity index (χ1v) is 8.18. The average Bonchev–Trinajstić information content (AvgIpc) is 2.49. The fourth-order valence-corrected chi connectivity index (χ4v) is 3.04. The summed E-state index contributed by atoms with van der Waals surface area (Å²) in [5.74, 6) is 0. The summed E-state index contributed by atoms with van der Waals surface area (Å²) in [5, 5.41) is 10.2. The number of rotatable bonds is 6.